The SMILES string of the molecule is CCCCCCOc1ccc(S(=O)(=O)C=[N+]=[N-])c(C)c1. The Morgan fingerprint density at radius 1 is 1.30 bits per heavy atom. The van der Waals surface area contributed by atoms with Gasteiger partial charge in [-0.1, -0.05) is 26.2 Å². The first-order chi connectivity index (χ1) is 9.51. The van der Waals surface area contributed by atoms with Crippen LogP contribution in [0.5, 0.6) is 5.75 Å². The summed E-state index contributed by atoms with van der Waals surface area (Å²) in [6.07, 6.45) is 4.50. The van der Waals surface area contributed by atoms with Gasteiger partial charge in [0.15, 0.2) is 0 Å². The lowest BCUT2D eigenvalue weighted by atomic mass is 10.2. The van der Waals surface area contributed by atoms with E-state index in [1.165, 1.54) is 18.9 Å². The smallest absolute Gasteiger partial charge is 0.374 e. The van der Waals surface area contributed by atoms with Gasteiger partial charge in [-0.3, -0.25) is 0 Å². The highest BCUT2D eigenvalue weighted by atomic mass is 32.2. The van der Waals surface area contributed by atoms with Crippen molar-refractivity contribution >= 4 is 15.4 Å². The molecular formula is C14H20N2O3S. The summed E-state index contributed by atoms with van der Waals surface area (Å²) >= 11 is 0. The van der Waals surface area contributed by atoms with Crippen LogP contribution < -0.4 is 4.74 Å². The largest absolute Gasteiger partial charge is 0.494 e. The number of aryl methyl sites for hydroxylation is 1. The summed E-state index contributed by atoms with van der Waals surface area (Å²) in [5.74, 6) is 0.652. The summed E-state index contributed by atoms with van der Waals surface area (Å²) in [4.78, 5) is 2.70. The van der Waals surface area contributed by atoms with E-state index in [-0.39, 0.29) is 4.90 Å². The molecule has 0 saturated heterocycles. The predicted octanol–water partition coefficient (Wildman–Crippen LogP) is 2.99. The fourth-order valence-corrected chi connectivity index (χ4v) is 2.87. The van der Waals surface area contributed by atoms with E-state index >= 15 is 0 Å². The first kappa shape index (κ1) is 16.4. The molecule has 0 unspecified atom stereocenters. The first-order valence-corrected chi connectivity index (χ1v) is 8.22. The van der Waals surface area contributed by atoms with Crippen LogP contribution in [0.3, 0.4) is 0 Å². The molecule has 0 bridgehead atoms. The summed E-state index contributed by atoms with van der Waals surface area (Å²) in [6.45, 7) is 4.46. The first-order valence-electron chi connectivity index (χ1n) is 6.67. The van der Waals surface area contributed by atoms with Crippen LogP contribution in [0.25, 0.3) is 5.53 Å². The second-order valence-corrected chi connectivity index (χ2v) is 6.34. The number of unbranched alkanes of at least 4 members (excludes halogenated alkanes) is 3. The topological polar surface area (TPSA) is 79.8 Å². The highest BCUT2D eigenvalue weighted by molar-refractivity contribution is 8.04. The summed E-state index contributed by atoms with van der Waals surface area (Å²) < 4.78 is 29.1. The van der Waals surface area contributed by atoms with Crippen LogP contribution in [0.1, 0.15) is 38.2 Å². The van der Waals surface area contributed by atoms with Crippen LogP contribution in [0.4, 0.5) is 0 Å². The average Bonchev–Trinajstić information content (AvgIpc) is 2.38. The number of benzene rings is 1. The quantitative estimate of drug-likeness (QED) is 0.243. The molecule has 0 saturated carbocycles. The van der Waals surface area contributed by atoms with E-state index in [9.17, 15) is 8.42 Å². The molecule has 0 fully saturated rings. The lowest BCUT2D eigenvalue weighted by molar-refractivity contribution is 0.00753. The van der Waals surface area contributed by atoms with Crippen molar-refractivity contribution in [2.75, 3.05) is 6.61 Å². The second-order valence-electron chi connectivity index (χ2n) is 4.60. The Morgan fingerprint density at radius 2 is 2.05 bits per heavy atom. The number of sulfone groups is 1. The van der Waals surface area contributed by atoms with E-state index in [1.54, 1.807) is 19.1 Å². The molecule has 0 aliphatic heterocycles. The fraction of sp³-hybridized carbons (Fsp3) is 0.500. The molecule has 0 spiro atoms. The monoisotopic (exact) mass is 296 g/mol. The van der Waals surface area contributed by atoms with Crippen molar-refractivity contribution in [3.05, 3.63) is 29.3 Å². The normalized spacial score (nSPS) is 10.9. The van der Waals surface area contributed by atoms with Crippen molar-refractivity contribution in [3.8, 4) is 5.75 Å². The van der Waals surface area contributed by atoms with Gasteiger partial charge in [-0.15, -0.1) is 0 Å². The van der Waals surface area contributed by atoms with Crippen molar-refractivity contribution in [2.45, 2.75) is 44.4 Å². The van der Waals surface area contributed by atoms with E-state index in [2.05, 4.69) is 11.7 Å². The molecule has 1 rings (SSSR count). The number of rotatable bonds is 8. The van der Waals surface area contributed by atoms with Crippen LogP contribution in [-0.2, 0) is 9.84 Å². The molecule has 0 amide bonds. The Labute approximate surface area is 120 Å². The van der Waals surface area contributed by atoms with Gasteiger partial charge in [-0.05, 0) is 37.1 Å². The third kappa shape index (κ3) is 4.79. The van der Waals surface area contributed by atoms with Crippen molar-refractivity contribution in [2.24, 2.45) is 0 Å². The van der Waals surface area contributed by atoms with Crippen molar-refractivity contribution in [1.82, 2.24) is 0 Å². The highest BCUT2D eigenvalue weighted by Gasteiger charge is 2.19. The lowest BCUT2D eigenvalue weighted by Gasteiger charge is -2.08. The number of nitrogens with zero attached hydrogens (tertiary/aromatic N) is 2. The molecule has 6 heteroatoms. The Morgan fingerprint density at radius 3 is 2.65 bits per heavy atom. The fourth-order valence-electron chi connectivity index (χ4n) is 1.87. The second kappa shape index (κ2) is 7.82. The molecule has 5 nitrogen and oxygen atoms in total. The minimum absolute atomic E-state index is 0.119. The minimum atomic E-state index is -3.69. The molecule has 1 aromatic rings. The summed E-state index contributed by atoms with van der Waals surface area (Å²) in [6, 6.07) is 4.76. The molecule has 20 heavy (non-hydrogen) atoms. The Hall–Kier alpha value is -1.65. The van der Waals surface area contributed by atoms with Crippen LogP contribution in [-0.4, -0.2) is 25.4 Å². The standard InChI is InChI=1S/C14H20N2O3S/c1-3-4-5-6-9-19-13-7-8-14(12(2)10-13)20(17,18)11-16-15/h7-8,10-11H,3-6,9H2,1-2H3. The lowest BCUT2D eigenvalue weighted by Crippen LogP contribution is -2.05. The van der Waals surface area contributed by atoms with Gasteiger partial charge < -0.3 is 10.3 Å². The zero-order valence-corrected chi connectivity index (χ0v) is 12.7. The van der Waals surface area contributed by atoms with Gasteiger partial charge in [-0.25, -0.2) is 8.42 Å². The molecule has 0 N–H and O–H groups in total. The van der Waals surface area contributed by atoms with Crippen LogP contribution in [0, 0.1) is 6.92 Å². The van der Waals surface area contributed by atoms with Crippen LogP contribution >= 0.6 is 0 Å². The van der Waals surface area contributed by atoms with Gasteiger partial charge in [0.1, 0.15) is 5.75 Å². The summed E-state index contributed by atoms with van der Waals surface area (Å²) in [7, 11) is -3.69. The van der Waals surface area contributed by atoms with E-state index in [1.807, 2.05) is 0 Å². The maximum Gasteiger partial charge on any atom is 0.374 e. The number of ether oxygens (including phenoxy) is 1. The molecule has 0 radical (unpaired) electrons. The van der Waals surface area contributed by atoms with Crippen molar-refractivity contribution < 1.29 is 17.9 Å². The molecule has 1 aromatic carbocycles. The van der Waals surface area contributed by atoms with Gasteiger partial charge in [0.25, 0.3) is 9.84 Å². The Balaban J connectivity index is 2.71. The number of hydrogen-bond acceptors (Lipinski definition) is 3. The van der Waals surface area contributed by atoms with E-state index in [0.29, 0.717) is 23.5 Å². The maximum atomic E-state index is 11.7. The highest BCUT2D eigenvalue weighted by Crippen LogP contribution is 2.21. The maximum absolute atomic E-state index is 11.7. The van der Waals surface area contributed by atoms with Gasteiger partial charge in [0, 0.05) is 0 Å². The van der Waals surface area contributed by atoms with Gasteiger partial charge >= 0.3 is 5.55 Å². The summed E-state index contributed by atoms with van der Waals surface area (Å²) in [5.41, 5.74) is 9.46. The van der Waals surface area contributed by atoms with Gasteiger partial charge in [0.2, 0.25) is 0 Å². The van der Waals surface area contributed by atoms with E-state index < -0.39 is 9.84 Å². The third-order valence-electron chi connectivity index (χ3n) is 2.91. The van der Waals surface area contributed by atoms with Crippen molar-refractivity contribution in [3.63, 3.8) is 0 Å². The predicted molar refractivity (Wildman–Crippen MR) is 77.7 cm³/mol. The molecule has 0 heterocycles. The summed E-state index contributed by atoms with van der Waals surface area (Å²) in [5, 5.41) is 0. The molecule has 0 aromatic heterocycles. The average molecular weight is 296 g/mol. The van der Waals surface area contributed by atoms with E-state index in [4.69, 9.17) is 10.3 Å². The van der Waals surface area contributed by atoms with Crippen molar-refractivity contribution in [1.29, 1.82) is 0 Å². The minimum Gasteiger partial charge on any atom is -0.494 e. The number of hydrogen-bond donors (Lipinski definition) is 0. The van der Waals surface area contributed by atoms with Crippen LogP contribution in [0.2, 0.25) is 0 Å². The van der Waals surface area contributed by atoms with Gasteiger partial charge in [0.05, 0.1) is 11.5 Å². The van der Waals surface area contributed by atoms with Gasteiger partial charge in [-0.2, -0.15) is 4.79 Å². The molecular weight excluding hydrogens is 276 g/mol. The third-order valence-corrected chi connectivity index (χ3v) is 4.35. The Bertz CT molecular complexity index is 590. The Kier molecular flexibility index (Phi) is 6.42. The molecule has 110 valence electrons. The van der Waals surface area contributed by atoms with Crippen LogP contribution in [0.15, 0.2) is 23.1 Å². The molecule has 0 aliphatic carbocycles. The van der Waals surface area contributed by atoms with E-state index in [0.717, 1.165) is 12.8 Å². The zero-order valence-electron chi connectivity index (χ0n) is 11.9. The molecule has 0 atom stereocenters. The zero-order chi connectivity index (χ0) is 15.0. The molecule has 0 aliphatic rings.